The lowest BCUT2D eigenvalue weighted by molar-refractivity contribution is -0.144. The molecule has 2 rings (SSSR count). The summed E-state index contributed by atoms with van der Waals surface area (Å²) in [6.45, 7) is 0. The maximum atomic E-state index is 13.4. The van der Waals surface area contributed by atoms with Crippen molar-refractivity contribution >= 4 is 50.2 Å². The number of hydrogen-bond donors (Lipinski definition) is 1. The van der Waals surface area contributed by atoms with Crippen LogP contribution in [-0.4, -0.2) is 9.97 Å². The first-order chi connectivity index (χ1) is 7.73. The van der Waals surface area contributed by atoms with E-state index in [4.69, 9.17) is 23.2 Å². The van der Waals surface area contributed by atoms with Crippen molar-refractivity contribution in [1.29, 1.82) is 0 Å². The van der Waals surface area contributed by atoms with Crippen LogP contribution in [0.4, 0.5) is 17.6 Å². The van der Waals surface area contributed by atoms with Crippen molar-refractivity contribution in [2.24, 2.45) is 0 Å². The first kappa shape index (κ1) is 12.9. The van der Waals surface area contributed by atoms with E-state index in [1.807, 2.05) is 4.98 Å². The third kappa shape index (κ3) is 2.00. The minimum Gasteiger partial charge on any atom is -0.333 e. The maximum absolute atomic E-state index is 13.4. The predicted octanol–water partition coefficient (Wildman–Crippen LogP) is 4.79. The lowest BCUT2D eigenvalue weighted by Crippen LogP contribution is -2.06. The normalized spacial score (nSPS) is 12.4. The standard InChI is InChI=1S/C8HBrCl2F4N2/c9-1-2(10)4(12)3(11)6-5(1)16-7(17-6)8(13,14)15/h(H,16,17). The quantitative estimate of drug-likeness (QED) is 0.412. The summed E-state index contributed by atoms with van der Waals surface area (Å²) in [4.78, 5) is 5.20. The number of rotatable bonds is 0. The Morgan fingerprint density at radius 2 is 1.76 bits per heavy atom. The van der Waals surface area contributed by atoms with Crippen molar-refractivity contribution in [2.45, 2.75) is 6.18 Å². The lowest BCUT2D eigenvalue weighted by atomic mass is 10.3. The van der Waals surface area contributed by atoms with Crippen LogP contribution < -0.4 is 0 Å². The van der Waals surface area contributed by atoms with Gasteiger partial charge >= 0.3 is 6.18 Å². The summed E-state index contributed by atoms with van der Waals surface area (Å²) in [5, 5.41) is -0.958. The molecule has 0 aliphatic heterocycles. The van der Waals surface area contributed by atoms with Crippen LogP contribution in [0.25, 0.3) is 11.0 Å². The van der Waals surface area contributed by atoms with Gasteiger partial charge in [-0.05, 0) is 15.9 Å². The molecule has 0 amide bonds. The van der Waals surface area contributed by atoms with Crippen LogP contribution in [0.15, 0.2) is 4.47 Å². The number of halogens is 7. The highest BCUT2D eigenvalue weighted by Gasteiger charge is 2.36. The van der Waals surface area contributed by atoms with Gasteiger partial charge in [0.15, 0.2) is 5.82 Å². The Morgan fingerprint density at radius 3 is 2.29 bits per heavy atom. The lowest BCUT2D eigenvalue weighted by Gasteiger charge is -2.01. The average molecular weight is 352 g/mol. The fourth-order valence-corrected chi connectivity index (χ4v) is 2.16. The third-order valence-corrected chi connectivity index (χ3v) is 3.70. The number of fused-ring (bicyclic) bond motifs is 1. The van der Waals surface area contributed by atoms with Gasteiger partial charge in [0.2, 0.25) is 5.82 Å². The van der Waals surface area contributed by atoms with E-state index in [2.05, 4.69) is 20.9 Å². The Hall–Kier alpha value is -0.530. The monoisotopic (exact) mass is 350 g/mol. The van der Waals surface area contributed by atoms with Gasteiger partial charge in [0.1, 0.15) is 10.5 Å². The van der Waals surface area contributed by atoms with Gasteiger partial charge in [-0.25, -0.2) is 9.37 Å². The summed E-state index contributed by atoms with van der Waals surface area (Å²) in [6.07, 6.45) is -4.68. The van der Waals surface area contributed by atoms with E-state index in [9.17, 15) is 17.6 Å². The van der Waals surface area contributed by atoms with E-state index in [1.165, 1.54) is 0 Å². The predicted molar refractivity (Wildman–Crippen MR) is 58.8 cm³/mol. The molecule has 0 aliphatic rings. The summed E-state index contributed by atoms with van der Waals surface area (Å²) in [6, 6.07) is 0. The number of nitrogens with one attached hydrogen (secondary N) is 1. The summed E-state index contributed by atoms with van der Waals surface area (Å²) < 4.78 is 50.6. The summed E-state index contributed by atoms with van der Waals surface area (Å²) in [5.74, 6) is -2.29. The van der Waals surface area contributed by atoms with Crippen molar-refractivity contribution in [2.75, 3.05) is 0 Å². The molecule has 92 valence electrons. The molecule has 1 aromatic heterocycles. The van der Waals surface area contributed by atoms with Crippen LogP contribution in [0.2, 0.25) is 10.0 Å². The van der Waals surface area contributed by atoms with Crippen LogP contribution in [0, 0.1) is 5.82 Å². The van der Waals surface area contributed by atoms with Crippen molar-refractivity contribution in [3.05, 3.63) is 26.2 Å². The smallest absolute Gasteiger partial charge is 0.333 e. The first-order valence-corrected chi connectivity index (χ1v) is 5.57. The zero-order valence-electron chi connectivity index (χ0n) is 7.59. The van der Waals surface area contributed by atoms with Crippen LogP contribution in [0.1, 0.15) is 5.82 Å². The van der Waals surface area contributed by atoms with Crippen LogP contribution in [-0.2, 0) is 6.18 Å². The summed E-state index contributed by atoms with van der Waals surface area (Å²) in [5.41, 5.74) is -0.429. The fourth-order valence-electron chi connectivity index (χ4n) is 1.23. The fraction of sp³-hybridized carbons (Fsp3) is 0.125. The van der Waals surface area contributed by atoms with Crippen molar-refractivity contribution in [1.82, 2.24) is 9.97 Å². The number of alkyl halides is 3. The van der Waals surface area contributed by atoms with E-state index < -0.39 is 27.9 Å². The number of hydrogen-bond acceptors (Lipinski definition) is 1. The van der Waals surface area contributed by atoms with Gasteiger partial charge < -0.3 is 4.98 Å². The van der Waals surface area contributed by atoms with E-state index in [0.717, 1.165) is 0 Å². The molecule has 1 aromatic carbocycles. The molecule has 2 nitrogen and oxygen atoms in total. The van der Waals surface area contributed by atoms with Gasteiger partial charge in [0.25, 0.3) is 0 Å². The third-order valence-electron chi connectivity index (χ3n) is 1.98. The highest BCUT2D eigenvalue weighted by molar-refractivity contribution is 9.10. The Bertz CT molecular complexity index is 563. The molecule has 0 fully saturated rings. The molecular weight excluding hydrogens is 351 g/mol. The van der Waals surface area contributed by atoms with Crippen molar-refractivity contribution in [3.8, 4) is 0 Å². The highest BCUT2D eigenvalue weighted by atomic mass is 79.9. The molecule has 0 atom stereocenters. The molecular formula is C8HBrCl2F4N2. The van der Waals surface area contributed by atoms with Gasteiger partial charge in [-0.3, -0.25) is 0 Å². The molecule has 0 saturated heterocycles. The molecule has 1 heterocycles. The maximum Gasteiger partial charge on any atom is 0.449 e. The molecule has 0 aliphatic carbocycles. The SMILES string of the molecule is Fc1c(Cl)c(Br)c2[nH]c(C(F)(F)F)nc2c1Cl. The van der Waals surface area contributed by atoms with Gasteiger partial charge in [-0.15, -0.1) is 0 Å². The molecule has 0 radical (unpaired) electrons. The largest absolute Gasteiger partial charge is 0.449 e. The van der Waals surface area contributed by atoms with Crippen LogP contribution >= 0.6 is 39.1 Å². The highest BCUT2D eigenvalue weighted by Crippen LogP contribution is 2.39. The average Bonchev–Trinajstić information content (AvgIpc) is 2.67. The number of nitrogens with zero attached hydrogens (tertiary/aromatic N) is 1. The number of H-pyrrole nitrogens is 1. The van der Waals surface area contributed by atoms with E-state index in [-0.39, 0.29) is 15.5 Å². The van der Waals surface area contributed by atoms with Crippen molar-refractivity contribution in [3.63, 3.8) is 0 Å². The minimum atomic E-state index is -4.68. The molecule has 17 heavy (non-hydrogen) atoms. The van der Waals surface area contributed by atoms with E-state index in [1.54, 1.807) is 0 Å². The second-order valence-electron chi connectivity index (χ2n) is 3.06. The van der Waals surface area contributed by atoms with E-state index in [0.29, 0.717) is 0 Å². The Morgan fingerprint density at radius 1 is 1.18 bits per heavy atom. The molecule has 0 unspecified atom stereocenters. The second-order valence-corrected chi connectivity index (χ2v) is 4.61. The topological polar surface area (TPSA) is 28.7 Å². The molecule has 1 N–H and O–H groups in total. The second kappa shape index (κ2) is 4.00. The first-order valence-electron chi connectivity index (χ1n) is 4.02. The molecule has 2 aromatic rings. The number of benzene rings is 1. The van der Waals surface area contributed by atoms with Gasteiger partial charge in [0.05, 0.1) is 15.0 Å². The summed E-state index contributed by atoms with van der Waals surface area (Å²) in [7, 11) is 0. The molecule has 0 bridgehead atoms. The van der Waals surface area contributed by atoms with Gasteiger partial charge in [-0.1, -0.05) is 23.2 Å². The minimum absolute atomic E-state index is 0.0564. The molecule has 9 heteroatoms. The number of aromatic nitrogens is 2. The zero-order chi connectivity index (χ0) is 13.0. The van der Waals surface area contributed by atoms with Gasteiger partial charge in [0, 0.05) is 0 Å². The molecule has 0 spiro atoms. The Balaban J connectivity index is 2.86. The van der Waals surface area contributed by atoms with Gasteiger partial charge in [-0.2, -0.15) is 13.2 Å². The Kier molecular flexibility index (Phi) is 3.04. The number of aromatic amines is 1. The zero-order valence-corrected chi connectivity index (χ0v) is 10.7. The Labute approximate surface area is 110 Å². The van der Waals surface area contributed by atoms with Crippen molar-refractivity contribution < 1.29 is 17.6 Å². The number of imidazole rings is 1. The van der Waals surface area contributed by atoms with Crippen LogP contribution in [0.3, 0.4) is 0 Å². The summed E-state index contributed by atoms with van der Waals surface area (Å²) >= 11 is 14.0. The molecule has 0 saturated carbocycles. The van der Waals surface area contributed by atoms with E-state index >= 15 is 0 Å². The van der Waals surface area contributed by atoms with Crippen LogP contribution in [0.5, 0.6) is 0 Å².